The van der Waals surface area contributed by atoms with Gasteiger partial charge in [0.15, 0.2) is 0 Å². The molecule has 8 heteroatoms. The van der Waals surface area contributed by atoms with Gasteiger partial charge in [-0.2, -0.15) is 0 Å². The third-order valence-electron chi connectivity index (χ3n) is 6.97. The Morgan fingerprint density at radius 1 is 0.868 bits per heavy atom. The second kappa shape index (κ2) is 9.55. The molecular weight excluding hydrogens is 482 g/mol. The summed E-state index contributed by atoms with van der Waals surface area (Å²) in [6, 6.07) is 21.9. The molecule has 5 rings (SSSR count). The van der Waals surface area contributed by atoms with Crippen LogP contribution < -0.4 is 15.2 Å². The van der Waals surface area contributed by atoms with Crippen LogP contribution in [0.3, 0.4) is 0 Å². The van der Waals surface area contributed by atoms with Gasteiger partial charge in [0.1, 0.15) is 17.2 Å². The van der Waals surface area contributed by atoms with Crippen molar-refractivity contribution >= 4 is 23.1 Å². The van der Waals surface area contributed by atoms with Gasteiger partial charge in [-0.1, -0.05) is 60.2 Å². The minimum Gasteiger partial charge on any atom is -0.507 e. The summed E-state index contributed by atoms with van der Waals surface area (Å²) < 4.78 is 8.38. The van der Waals surface area contributed by atoms with Crippen molar-refractivity contribution in [2.24, 2.45) is 7.05 Å². The minimum atomic E-state index is -1.03. The fourth-order valence-electron chi connectivity index (χ4n) is 4.86. The summed E-state index contributed by atoms with van der Waals surface area (Å²) in [6.07, 6.45) is 0. The molecule has 1 aliphatic rings. The molecule has 1 aromatic heterocycles. The first-order chi connectivity index (χ1) is 18.2. The van der Waals surface area contributed by atoms with Crippen molar-refractivity contribution in [2.75, 3.05) is 12.0 Å². The number of aryl methyl sites for hydroxylation is 1. The van der Waals surface area contributed by atoms with Crippen LogP contribution in [-0.4, -0.2) is 33.3 Å². The molecule has 0 spiro atoms. The molecule has 4 aromatic rings. The van der Waals surface area contributed by atoms with Crippen LogP contribution >= 0.6 is 0 Å². The first-order valence-electron chi connectivity index (χ1n) is 12.1. The molecule has 1 N–H and O–H groups in total. The third kappa shape index (κ3) is 3.91. The molecule has 38 heavy (non-hydrogen) atoms. The summed E-state index contributed by atoms with van der Waals surface area (Å²) in [6.45, 7) is 3.64. The number of nitrogens with zero attached hydrogens (tertiary/aromatic N) is 3. The number of ether oxygens (including phenoxy) is 1. The van der Waals surface area contributed by atoms with Crippen LogP contribution in [0.1, 0.15) is 28.4 Å². The average molecular weight is 510 g/mol. The molecule has 192 valence electrons. The number of hydrogen-bond donors (Lipinski definition) is 1. The van der Waals surface area contributed by atoms with Crippen molar-refractivity contribution in [1.29, 1.82) is 0 Å². The van der Waals surface area contributed by atoms with E-state index in [1.807, 2.05) is 37.3 Å². The number of carbonyl (C=O) groups excluding carboxylic acids is 2. The van der Waals surface area contributed by atoms with Crippen LogP contribution in [0.5, 0.6) is 5.75 Å². The lowest BCUT2D eigenvalue weighted by molar-refractivity contribution is -0.132. The summed E-state index contributed by atoms with van der Waals surface area (Å²) in [4.78, 5) is 42.2. The summed E-state index contributed by atoms with van der Waals surface area (Å²) in [5, 5.41) is 11.3. The maximum absolute atomic E-state index is 13.8. The molecule has 2 heterocycles. The molecule has 0 saturated carbocycles. The second-order valence-corrected chi connectivity index (χ2v) is 9.22. The molecule has 1 aliphatic heterocycles. The van der Waals surface area contributed by atoms with Gasteiger partial charge in [-0.15, -0.1) is 0 Å². The zero-order valence-electron chi connectivity index (χ0n) is 21.5. The van der Waals surface area contributed by atoms with Crippen molar-refractivity contribution in [3.63, 3.8) is 0 Å². The number of anilines is 1. The Morgan fingerprint density at radius 3 is 2.11 bits per heavy atom. The molecule has 1 amide bonds. The number of benzene rings is 3. The third-order valence-corrected chi connectivity index (χ3v) is 6.97. The number of rotatable bonds is 5. The van der Waals surface area contributed by atoms with Crippen molar-refractivity contribution in [3.05, 3.63) is 117 Å². The van der Waals surface area contributed by atoms with Crippen molar-refractivity contribution in [2.45, 2.75) is 19.9 Å². The van der Waals surface area contributed by atoms with Crippen molar-refractivity contribution in [1.82, 2.24) is 9.36 Å². The number of aliphatic hydroxyl groups excluding tert-OH is 1. The zero-order chi connectivity index (χ0) is 27.1. The summed E-state index contributed by atoms with van der Waals surface area (Å²) in [5.41, 5.74) is 2.58. The van der Waals surface area contributed by atoms with Gasteiger partial charge in [-0.05, 0) is 43.7 Å². The lowest BCUT2D eigenvalue weighted by Gasteiger charge is -2.24. The van der Waals surface area contributed by atoms with Crippen molar-refractivity contribution < 1.29 is 19.4 Å². The van der Waals surface area contributed by atoms with E-state index in [1.165, 1.54) is 16.7 Å². The zero-order valence-corrected chi connectivity index (χ0v) is 21.5. The normalized spacial score (nSPS) is 16.7. The highest BCUT2D eigenvalue weighted by molar-refractivity contribution is 6.51. The Kier molecular flexibility index (Phi) is 6.24. The van der Waals surface area contributed by atoms with Crippen LogP contribution in [0.4, 0.5) is 5.69 Å². The maximum atomic E-state index is 13.8. The lowest BCUT2D eigenvalue weighted by atomic mass is 9.95. The van der Waals surface area contributed by atoms with Gasteiger partial charge in [0.2, 0.25) is 0 Å². The number of methoxy groups -OCH3 is 1. The Morgan fingerprint density at radius 2 is 1.50 bits per heavy atom. The fourth-order valence-corrected chi connectivity index (χ4v) is 4.86. The summed E-state index contributed by atoms with van der Waals surface area (Å²) in [7, 11) is 3.26. The van der Waals surface area contributed by atoms with Gasteiger partial charge in [-0.25, -0.2) is 4.68 Å². The van der Waals surface area contributed by atoms with Crippen LogP contribution in [-0.2, 0) is 16.6 Å². The van der Waals surface area contributed by atoms with E-state index in [4.69, 9.17) is 4.74 Å². The van der Waals surface area contributed by atoms with Gasteiger partial charge < -0.3 is 9.84 Å². The van der Waals surface area contributed by atoms with E-state index in [9.17, 15) is 19.5 Å². The van der Waals surface area contributed by atoms with E-state index < -0.39 is 23.3 Å². The number of hydrogen-bond acceptors (Lipinski definition) is 5. The molecule has 3 aromatic carbocycles. The molecular formula is C30H27N3O5. The highest BCUT2D eigenvalue weighted by atomic mass is 16.5. The van der Waals surface area contributed by atoms with E-state index in [0.717, 1.165) is 5.56 Å². The Labute approximate surface area is 219 Å². The second-order valence-electron chi connectivity index (χ2n) is 9.22. The van der Waals surface area contributed by atoms with Crippen LogP contribution in [0.2, 0.25) is 0 Å². The predicted octanol–water partition coefficient (Wildman–Crippen LogP) is 4.43. The molecule has 1 saturated heterocycles. The topological polar surface area (TPSA) is 93.8 Å². The number of aliphatic hydroxyl groups is 1. The number of amides is 1. The maximum Gasteiger partial charge on any atom is 0.300 e. The van der Waals surface area contributed by atoms with Gasteiger partial charge in [-0.3, -0.25) is 24.0 Å². The van der Waals surface area contributed by atoms with E-state index in [0.29, 0.717) is 28.3 Å². The molecule has 8 nitrogen and oxygen atoms in total. The van der Waals surface area contributed by atoms with Crippen LogP contribution in [0.15, 0.2) is 89.2 Å². The number of aromatic nitrogens is 2. The molecule has 0 bridgehead atoms. The van der Waals surface area contributed by atoms with Gasteiger partial charge in [0, 0.05) is 12.6 Å². The largest absolute Gasteiger partial charge is 0.507 e. The lowest BCUT2D eigenvalue weighted by Crippen LogP contribution is -2.34. The Balaban J connectivity index is 1.77. The molecule has 1 atom stereocenters. The summed E-state index contributed by atoms with van der Waals surface area (Å²) in [5.74, 6) is -1.46. The van der Waals surface area contributed by atoms with Gasteiger partial charge in [0.05, 0.1) is 30.1 Å². The van der Waals surface area contributed by atoms with E-state index >= 15 is 0 Å². The quantitative estimate of drug-likeness (QED) is 0.244. The Bertz CT molecular complexity index is 1630. The molecule has 1 fully saturated rings. The smallest absolute Gasteiger partial charge is 0.300 e. The van der Waals surface area contributed by atoms with Crippen LogP contribution in [0, 0.1) is 13.8 Å². The number of para-hydroxylation sites is 1. The highest BCUT2D eigenvalue weighted by Crippen LogP contribution is 2.42. The standard InChI is InChI=1S/C30H27N3O5/c1-18-10-12-21(13-11-18)27(34)24-26(20-14-16-23(38-4)17-15-20)32(30(37)28(24)35)25-19(2)31(3)33(29(25)36)22-8-6-5-7-9-22/h5-17,26,34H,1-4H3/b27-24+. The van der Waals surface area contributed by atoms with E-state index in [2.05, 4.69) is 0 Å². The monoisotopic (exact) mass is 509 g/mol. The SMILES string of the molecule is COc1ccc(C2/C(=C(\O)c3ccc(C)cc3)C(=O)C(=O)N2c2c(C)n(C)n(-c3ccccc3)c2=O)cc1. The molecule has 1 unspecified atom stereocenters. The van der Waals surface area contributed by atoms with Crippen LogP contribution in [0.25, 0.3) is 11.4 Å². The predicted molar refractivity (Wildman–Crippen MR) is 145 cm³/mol. The van der Waals surface area contributed by atoms with Gasteiger partial charge >= 0.3 is 0 Å². The number of ketones is 1. The van der Waals surface area contributed by atoms with Crippen molar-refractivity contribution in [3.8, 4) is 11.4 Å². The molecule has 0 aliphatic carbocycles. The number of Topliss-reactive ketones (excluding diaryl/α,β-unsaturated/α-hetero) is 1. The highest BCUT2D eigenvalue weighted by Gasteiger charge is 2.49. The first kappa shape index (κ1) is 24.8. The fraction of sp³-hybridized carbons (Fsp3) is 0.167. The van der Waals surface area contributed by atoms with E-state index in [1.54, 1.807) is 67.2 Å². The van der Waals surface area contributed by atoms with E-state index in [-0.39, 0.29) is 17.0 Å². The minimum absolute atomic E-state index is 0.0715. The molecule has 0 radical (unpaired) electrons. The Hall–Kier alpha value is -4.85. The first-order valence-corrected chi connectivity index (χ1v) is 12.1. The number of carbonyl (C=O) groups is 2. The average Bonchev–Trinajstić information content (AvgIpc) is 3.31. The summed E-state index contributed by atoms with van der Waals surface area (Å²) >= 11 is 0. The van der Waals surface area contributed by atoms with Gasteiger partial charge in [0.25, 0.3) is 17.2 Å².